The van der Waals surface area contributed by atoms with Crippen molar-refractivity contribution in [2.75, 3.05) is 10.6 Å². The Labute approximate surface area is 166 Å². The molecule has 0 bridgehead atoms. The Morgan fingerprint density at radius 3 is 2.62 bits per heavy atom. The minimum atomic E-state index is -2.94. The van der Waals surface area contributed by atoms with Gasteiger partial charge in [0.25, 0.3) is 11.8 Å². The molecule has 2 aliphatic carbocycles. The lowest BCUT2D eigenvalue weighted by Crippen LogP contribution is -2.55. The van der Waals surface area contributed by atoms with Crippen LogP contribution in [0.5, 0.6) is 0 Å². The van der Waals surface area contributed by atoms with Crippen molar-refractivity contribution in [1.82, 2.24) is 15.0 Å². The summed E-state index contributed by atoms with van der Waals surface area (Å²) in [5.41, 5.74) is 12.7. The van der Waals surface area contributed by atoms with Crippen molar-refractivity contribution in [1.29, 1.82) is 0 Å². The van der Waals surface area contributed by atoms with Crippen LogP contribution in [0.4, 0.5) is 26.1 Å². The van der Waals surface area contributed by atoms with E-state index in [2.05, 4.69) is 25.6 Å². The van der Waals surface area contributed by atoms with Crippen LogP contribution in [-0.2, 0) is 0 Å². The van der Waals surface area contributed by atoms with Crippen molar-refractivity contribution >= 4 is 23.2 Å². The number of nitrogens with zero attached hydrogens (tertiary/aromatic N) is 3. The number of rotatable bonds is 6. The maximum Gasteiger partial charge on any atom is 0.271 e. The molecule has 0 saturated heterocycles. The lowest BCUT2D eigenvalue weighted by Gasteiger charge is -2.36. The summed E-state index contributed by atoms with van der Waals surface area (Å²) in [5.74, 6) is -2.81. The molecule has 6 N–H and O–H groups in total. The van der Waals surface area contributed by atoms with Gasteiger partial charge in [0.05, 0.1) is 24.1 Å². The van der Waals surface area contributed by atoms with Gasteiger partial charge in [0.15, 0.2) is 11.5 Å². The summed E-state index contributed by atoms with van der Waals surface area (Å²) in [4.78, 5) is 24.5. The minimum absolute atomic E-state index is 0.0555. The molecule has 4 rings (SSSR count). The third-order valence-corrected chi connectivity index (χ3v) is 5.33. The number of alkyl halides is 2. The molecule has 0 aliphatic heterocycles. The molecular formula is C19H23F2N7O. The zero-order valence-corrected chi connectivity index (χ0v) is 15.7. The number of hydrogen-bond acceptors (Lipinski definition) is 7. The quantitative estimate of drug-likeness (QED) is 0.583. The number of aromatic nitrogens is 3. The lowest BCUT2D eigenvalue weighted by molar-refractivity contribution is -0.0554. The minimum Gasteiger partial charge on any atom is -0.364 e. The van der Waals surface area contributed by atoms with Gasteiger partial charge in [-0.25, -0.2) is 18.7 Å². The maximum atomic E-state index is 13.9. The van der Waals surface area contributed by atoms with E-state index in [1.165, 1.54) is 6.20 Å². The number of hydrogen-bond donors (Lipinski definition) is 4. The van der Waals surface area contributed by atoms with Gasteiger partial charge < -0.3 is 22.1 Å². The summed E-state index contributed by atoms with van der Waals surface area (Å²) in [5, 5.41) is 5.91. The summed E-state index contributed by atoms with van der Waals surface area (Å²) in [7, 11) is 0. The number of carbonyl (C=O) groups excluding carboxylic acids is 1. The average molecular weight is 403 g/mol. The highest BCUT2D eigenvalue weighted by Gasteiger charge is 2.44. The fourth-order valence-corrected chi connectivity index (χ4v) is 3.51. The van der Waals surface area contributed by atoms with Crippen molar-refractivity contribution in [3.63, 3.8) is 0 Å². The van der Waals surface area contributed by atoms with Crippen molar-refractivity contribution in [3.05, 3.63) is 35.9 Å². The van der Waals surface area contributed by atoms with Crippen LogP contribution in [0.15, 0.2) is 24.5 Å². The first-order valence-electron chi connectivity index (χ1n) is 9.63. The van der Waals surface area contributed by atoms with E-state index >= 15 is 0 Å². The molecule has 2 aromatic heterocycles. The van der Waals surface area contributed by atoms with E-state index in [1.54, 1.807) is 6.20 Å². The highest BCUT2D eigenvalue weighted by molar-refractivity contribution is 5.96. The van der Waals surface area contributed by atoms with Crippen LogP contribution in [0.25, 0.3) is 0 Å². The normalized spacial score (nSPS) is 23.4. The third kappa shape index (κ3) is 4.26. The summed E-state index contributed by atoms with van der Waals surface area (Å²) in [6, 6.07) is 1.78. The largest absolute Gasteiger partial charge is 0.364 e. The fourth-order valence-electron chi connectivity index (χ4n) is 3.51. The van der Waals surface area contributed by atoms with Crippen LogP contribution in [0.3, 0.4) is 0 Å². The molecule has 2 fully saturated rings. The van der Waals surface area contributed by atoms with E-state index in [1.807, 2.05) is 12.1 Å². The molecule has 0 aromatic carbocycles. The molecule has 154 valence electrons. The number of nitrogens with one attached hydrogen (secondary N) is 2. The summed E-state index contributed by atoms with van der Waals surface area (Å²) >= 11 is 0. The Morgan fingerprint density at radius 2 is 1.97 bits per heavy atom. The molecule has 29 heavy (non-hydrogen) atoms. The fraction of sp³-hybridized carbons (Fsp3) is 0.474. The summed E-state index contributed by atoms with van der Waals surface area (Å²) in [6.07, 6.45) is 5.85. The van der Waals surface area contributed by atoms with E-state index in [9.17, 15) is 13.6 Å². The van der Waals surface area contributed by atoms with Crippen LogP contribution in [0.2, 0.25) is 0 Å². The maximum absolute atomic E-state index is 13.9. The average Bonchev–Trinajstić information content (AvgIpc) is 3.51. The van der Waals surface area contributed by atoms with E-state index < -0.39 is 23.9 Å². The highest BCUT2D eigenvalue weighted by Crippen LogP contribution is 2.39. The molecule has 2 atom stereocenters. The van der Waals surface area contributed by atoms with Crippen molar-refractivity contribution in [3.8, 4) is 0 Å². The Kier molecular flexibility index (Phi) is 5.03. The number of primary amides is 1. The topological polar surface area (TPSA) is 132 Å². The third-order valence-electron chi connectivity index (χ3n) is 5.33. The van der Waals surface area contributed by atoms with E-state index in [-0.39, 0.29) is 23.8 Å². The van der Waals surface area contributed by atoms with Crippen LogP contribution in [0.1, 0.15) is 54.2 Å². The second-order valence-corrected chi connectivity index (χ2v) is 7.62. The van der Waals surface area contributed by atoms with Crippen LogP contribution in [-0.4, -0.2) is 38.9 Å². The second kappa shape index (κ2) is 7.51. The van der Waals surface area contributed by atoms with Gasteiger partial charge in [-0.1, -0.05) is 0 Å². The Bertz CT molecular complexity index is 902. The van der Waals surface area contributed by atoms with Gasteiger partial charge in [-0.3, -0.25) is 9.78 Å². The van der Waals surface area contributed by atoms with Crippen LogP contribution >= 0.6 is 0 Å². The number of anilines is 3. The molecule has 8 nitrogen and oxygen atoms in total. The molecule has 2 aliphatic rings. The molecular weight excluding hydrogens is 380 g/mol. The van der Waals surface area contributed by atoms with Gasteiger partial charge in [0.1, 0.15) is 5.82 Å². The first-order valence-corrected chi connectivity index (χ1v) is 9.63. The Balaban J connectivity index is 1.54. The zero-order chi connectivity index (χ0) is 20.6. The van der Waals surface area contributed by atoms with Gasteiger partial charge >= 0.3 is 0 Å². The molecule has 2 saturated carbocycles. The van der Waals surface area contributed by atoms with Gasteiger partial charge in [-0.15, -0.1) is 0 Å². The SMILES string of the molecule is NC(=O)c1ncc(NC2CCCC(F)(F)C2N)nc1Nc1ccc(C2CC2)nc1. The molecule has 0 spiro atoms. The lowest BCUT2D eigenvalue weighted by atomic mass is 9.87. The predicted octanol–water partition coefficient (Wildman–Crippen LogP) is 2.52. The smallest absolute Gasteiger partial charge is 0.271 e. The highest BCUT2D eigenvalue weighted by atomic mass is 19.3. The zero-order valence-electron chi connectivity index (χ0n) is 15.7. The molecule has 2 heterocycles. The van der Waals surface area contributed by atoms with Crippen molar-refractivity contribution < 1.29 is 13.6 Å². The standard InChI is InChI=1S/C19H23F2N7O/c20-19(21)7-1-2-13(16(19)22)27-14-9-25-15(17(23)29)18(28-14)26-11-5-6-12(24-8-11)10-3-4-10/h5-6,8-10,13,16H,1-4,7,22H2,(H2,23,29)(H2,26,27,28). The molecule has 2 aromatic rings. The number of halogens is 2. The van der Waals surface area contributed by atoms with Crippen molar-refractivity contribution in [2.24, 2.45) is 11.5 Å². The monoisotopic (exact) mass is 403 g/mol. The predicted molar refractivity (Wildman–Crippen MR) is 104 cm³/mol. The number of amides is 1. The number of carbonyl (C=O) groups is 1. The van der Waals surface area contributed by atoms with Gasteiger partial charge in [0, 0.05) is 24.1 Å². The van der Waals surface area contributed by atoms with Crippen LogP contribution in [0, 0.1) is 0 Å². The first-order chi connectivity index (χ1) is 13.8. The molecule has 2 unspecified atom stereocenters. The molecule has 1 amide bonds. The van der Waals surface area contributed by atoms with Crippen molar-refractivity contribution in [2.45, 2.75) is 56.0 Å². The van der Waals surface area contributed by atoms with Gasteiger partial charge in [-0.2, -0.15) is 0 Å². The van der Waals surface area contributed by atoms with E-state index in [0.717, 1.165) is 18.5 Å². The summed E-state index contributed by atoms with van der Waals surface area (Å²) < 4.78 is 27.8. The Morgan fingerprint density at radius 1 is 1.17 bits per heavy atom. The summed E-state index contributed by atoms with van der Waals surface area (Å²) in [6.45, 7) is 0. The molecule has 10 heteroatoms. The van der Waals surface area contributed by atoms with E-state index in [0.29, 0.717) is 24.4 Å². The van der Waals surface area contributed by atoms with E-state index in [4.69, 9.17) is 11.5 Å². The number of pyridine rings is 1. The Hall–Kier alpha value is -2.88. The second-order valence-electron chi connectivity index (χ2n) is 7.62. The number of nitrogens with two attached hydrogens (primary N) is 2. The first kappa shape index (κ1) is 19.4. The molecule has 0 radical (unpaired) electrons. The van der Waals surface area contributed by atoms with Gasteiger partial charge in [-0.05, 0) is 37.8 Å². The van der Waals surface area contributed by atoms with Gasteiger partial charge in [0.2, 0.25) is 0 Å². The van der Waals surface area contributed by atoms with Crippen LogP contribution < -0.4 is 22.1 Å².